The SMILES string of the molecule is CCN(C(=O)C(Cc1ccccc1)n1cnnn1)C1CCN(C)CC1. The second kappa shape index (κ2) is 8.20. The van der Waals surface area contributed by atoms with Crippen LogP contribution in [0.1, 0.15) is 31.4 Å². The molecule has 0 spiro atoms. The number of carbonyl (C=O) groups is 1. The molecule has 1 unspecified atom stereocenters. The van der Waals surface area contributed by atoms with E-state index in [1.807, 2.05) is 35.2 Å². The standard InChI is InChI=1S/C18H26N6O/c1-3-23(16-9-11-22(2)12-10-16)18(25)17(24-14-19-20-21-24)13-15-7-5-4-6-8-15/h4-8,14,16-17H,3,9-13H2,1-2H3. The summed E-state index contributed by atoms with van der Waals surface area (Å²) in [5, 5.41) is 11.5. The highest BCUT2D eigenvalue weighted by Crippen LogP contribution is 2.22. The maximum atomic E-state index is 13.4. The molecule has 25 heavy (non-hydrogen) atoms. The topological polar surface area (TPSA) is 67.2 Å². The van der Waals surface area contributed by atoms with Crippen molar-refractivity contribution in [3.8, 4) is 0 Å². The highest BCUT2D eigenvalue weighted by atomic mass is 16.2. The molecule has 134 valence electrons. The molecule has 1 amide bonds. The van der Waals surface area contributed by atoms with Crippen LogP contribution in [0.25, 0.3) is 0 Å². The molecule has 0 N–H and O–H groups in total. The maximum absolute atomic E-state index is 13.4. The number of hydrogen-bond donors (Lipinski definition) is 0. The van der Waals surface area contributed by atoms with Gasteiger partial charge in [0.25, 0.3) is 0 Å². The van der Waals surface area contributed by atoms with Gasteiger partial charge in [-0.05, 0) is 55.9 Å². The molecule has 0 bridgehead atoms. The van der Waals surface area contributed by atoms with Crippen LogP contribution in [0.4, 0.5) is 0 Å². The number of rotatable bonds is 6. The molecule has 7 nitrogen and oxygen atoms in total. The molecular formula is C18H26N6O. The van der Waals surface area contributed by atoms with E-state index >= 15 is 0 Å². The lowest BCUT2D eigenvalue weighted by atomic mass is 10.00. The quantitative estimate of drug-likeness (QED) is 0.794. The van der Waals surface area contributed by atoms with Gasteiger partial charge in [0.05, 0.1) is 0 Å². The van der Waals surface area contributed by atoms with E-state index < -0.39 is 6.04 Å². The van der Waals surface area contributed by atoms with Crippen LogP contribution in [0.5, 0.6) is 0 Å². The van der Waals surface area contributed by atoms with Gasteiger partial charge in [-0.1, -0.05) is 30.3 Å². The average Bonchev–Trinajstić information content (AvgIpc) is 3.17. The van der Waals surface area contributed by atoms with Crippen molar-refractivity contribution in [1.29, 1.82) is 0 Å². The Morgan fingerprint density at radius 1 is 1.28 bits per heavy atom. The first-order chi connectivity index (χ1) is 12.2. The van der Waals surface area contributed by atoms with E-state index in [1.165, 1.54) is 6.33 Å². The smallest absolute Gasteiger partial charge is 0.248 e. The molecule has 0 saturated carbocycles. The van der Waals surface area contributed by atoms with Crippen molar-refractivity contribution >= 4 is 5.91 Å². The Kier molecular flexibility index (Phi) is 5.75. The molecule has 1 fully saturated rings. The largest absolute Gasteiger partial charge is 0.338 e. The summed E-state index contributed by atoms with van der Waals surface area (Å²) in [5.41, 5.74) is 1.11. The summed E-state index contributed by atoms with van der Waals surface area (Å²) in [5.74, 6) is 0.105. The molecule has 3 rings (SSSR count). The molecule has 0 aliphatic carbocycles. The van der Waals surface area contributed by atoms with Crippen molar-refractivity contribution in [2.75, 3.05) is 26.7 Å². The van der Waals surface area contributed by atoms with Gasteiger partial charge >= 0.3 is 0 Å². The molecule has 1 aliphatic rings. The van der Waals surface area contributed by atoms with Crippen molar-refractivity contribution < 1.29 is 4.79 Å². The van der Waals surface area contributed by atoms with Crippen molar-refractivity contribution in [3.05, 3.63) is 42.2 Å². The minimum atomic E-state index is -0.406. The number of piperidine rings is 1. The minimum Gasteiger partial charge on any atom is -0.338 e. The zero-order valence-corrected chi connectivity index (χ0v) is 15.0. The molecule has 1 saturated heterocycles. The number of hydrogen-bond acceptors (Lipinski definition) is 5. The van der Waals surface area contributed by atoms with Crippen LogP contribution in [0.2, 0.25) is 0 Å². The molecule has 1 atom stereocenters. The molecule has 7 heteroatoms. The summed E-state index contributed by atoms with van der Waals surface area (Å²) < 4.78 is 1.59. The van der Waals surface area contributed by atoms with Gasteiger partial charge in [-0.3, -0.25) is 4.79 Å². The lowest BCUT2D eigenvalue weighted by molar-refractivity contribution is -0.138. The molecule has 1 aromatic heterocycles. The van der Waals surface area contributed by atoms with Gasteiger partial charge in [-0.2, -0.15) is 0 Å². The van der Waals surface area contributed by atoms with Gasteiger partial charge in [0.15, 0.2) is 0 Å². The maximum Gasteiger partial charge on any atom is 0.248 e. The number of carbonyl (C=O) groups excluding carboxylic acids is 1. The monoisotopic (exact) mass is 342 g/mol. The highest BCUT2D eigenvalue weighted by Gasteiger charge is 2.32. The van der Waals surface area contributed by atoms with Gasteiger partial charge < -0.3 is 9.80 Å². The number of amides is 1. The van der Waals surface area contributed by atoms with E-state index in [0.717, 1.165) is 31.5 Å². The Morgan fingerprint density at radius 2 is 2.00 bits per heavy atom. The van der Waals surface area contributed by atoms with Crippen LogP contribution < -0.4 is 0 Å². The van der Waals surface area contributed by atoms with E-state index in [9.17, 15) is 4.79 Å². The van der Waals surface area contributed by atoms with Crippen molar-refractivity contribution in [2.24, 2.45) is 0 Å². The lowest BCUT2D eigenvalue weighted by Gasteiger charge is -2.38. The fourth-order valence-electron chi connectivity index (χ4n) is 3.53. The Balaban J connectivity index is 1.80. The Labute approximate surface area is 148 Å². The first kappa shape index (κ1) is 17.5. The molecular weight excluding hydrogens is 316 g/mol. The van der Waals surface area contributed by atoms with E-state index in [2.05, 4.69) is 34.4 Å². The molecule has 0 radical (unpaired) electrons. The van der Waals surface area contributed by atoms with E-state index in [-0.39, 0.29) is 5.91 Å². The van der Waals surface area contributed by atoms with Gasteiger partial charge in [0, 0.05) is 19.0 Å². The molecule has 2 aromatic rings. The molecule has 1 aliphatic heterocycles. The fraction of sp³-hybridized carbons (Fsp3) is 0.556. The number of likely N-dealkylation sites (N-methyl/N-ethyl adjacent to an activating group) is 1. The Morgan fingerprint density at radius 3 is 2.60 bits per heavy atom. The second-order valence-electron chi connectivity index (χ2n) is 6.65. The summed E-state index contributed by atoms with van der Waals surface area (Å²) in [6.07, 6.45) is 4.16. The Hall–Kier alpha value is -2.28. The average molecular weight is 342 g/mol. The number of nitrogens with zero attached hydrogens (tertiary/aromatic N) is 6. The minimum absolute atomic E-state index is 0.105. The van der Waals surface area contributed by atoms with Gasteiger partial charge in [0.2, 0.25) is 5.91 Å². The number of likely N-dealkylation sites (tertiary alicyclic amines) is 1. The lowest BCUT2D eigenvalue weighted by Crippen LogP contribution is -2.49. The fourth-order valence-corrected chi connectivity index (χ4v) is 3.53. The zero-order valence-electron chi connectivity index (χ0n) is 15.0. The number of tetrazole rings is 1. The van der Waals surface area contributed by atoms with Crippen molar-refractivity contribution in [3.63, 3.8) is 0 Å². The first-order valence-electron chi connectivity index (χ1n) is 8.94. The summed E-state index contributed by atoms with van der Waals surface area (Å²) in [7, 11) is 2.13. The second-order valence-corrected chi connectivity index (χ2v) is 6.65. The van der Waals surface area contributed by atoms with Gasteiger partial charge in [-0.15, -0.1) is 5.10 Å². The van der Waals surface area contributed by atoms with E-state index in [4.69, 9.17) is 0 Å². The van der Waals surface area contributed by atoms with E-state index in [0.29, 0.717) is 19.0 Å². The van der Waals surface area contributed by atoms with Crippen LogP contribution in [0.3, 0.4) is 0 Å². The summed E-state index contributed by atoms with van der Waals surface area (Å²) in [6.45, 7) is 4.82. The predicted molar refractivity (Wildman–Crippen MR) is 94.9 cm³/mol. The third-order valence-electron chi connectivity index (χ3n) is 4.99. The third kappa shape index (κ3) is 4.22. The molecule has 2 heterocycles. The normalized spacial score (nSPS) is 17.4. The predicted octanol–water partition coefficient (Wildman–Crippen LogP) is 1.40. The van der Waals surface area contributed by atoms with Crippen LogP contribution in [0.15, 0.2) is 36.7 Å². The van der Waals surface area contributed by atoms with Crippen LogP contribution in [0, 0.1) is 0 Å². The van der Waals surface area contributed by atoms with Crippen molar-refractivity contribution in [1.82, 2.24) is 30.0 Å². The Bertz CT molecular complexity index is 651. The first-order valence-corrected chi connectivity index (χ1v) is 8.94. The molecule has 1 aromatic carbocycles. The van der Waals surface area contributed by atoms with Gasteiger partial charge in [0.1, 0.15) is 12.4 Å². The van der Waals surface area contributed by atoms with Crippen LogP contribution in [-0.2, 0) is 11.2 Å². The summed E-state index contributed by atoms with van der Waals surface area (Å²) in [4.78, 5) is 17.7. The number of aromatic nitrogens is 4. The number of benzene rings is 1. The summed E-state index contributed by atoms with van der Waals surface area (Å²) >= 11 is 0. The van der Waals surface area contributed by atoms with Crippen molar-refractivity contribution in [2.45, 2.75) is 38.3 Å². The van der Waals surface area contributed by atoms with Gasteiger partial charge in [-0.25, -0.2) is 4.68 Å². The summed E-state index contributed by atoms with van der Waals surface area (Å²) in [6, 6.07) is 9.93. The van der Waals surface area contributed by atoms with Crippen LogP contribution in [-0.4, -0.2) is 68.6 Å². The van der Waals surface area contributed by atoms with Crippen LogP contribution >= 0.6 is 0 Å². The highest BCUT2D eigenvalue weighted by molar-refractivity contribution is 5.81. The third-order valence-corrected chi connectivity index (χ3v) is 4.99. The zero-order chi connectivity index (χ0) is 17.6. The van der Waals surface area contributed by atoms with E-state index in [1.54, 1.807) is 4.68 Å².